The second-order valence-electron chi connectivity index (χ2n) is 5.97. The van der Waals surface area contributed by atoms with Gasteiger partial charge in [-0.1, -0.05) is 55.0 Å². The molecule has 0 radical (unpaired) electrons. The largest absolute Gasteiger partial charge is 0.303 e. The SMILES string of the molecule is CCC1Cc2c(C)cc(C)cc2C(c2ccccc2)N1. The molecule has 104 valence electrons. The molecule has 0 aromatic heterocycles. The van der Waals surface area contributed by atoms with E-state index in [4.69, 9.17) is 0 Å². The number of nitrogens with one attached hydrogen (secondary N) is 1. The molecule has 3 rings (SSSR count). The van der Waals surface area contributed by atoms with Crippen LogP contribution in [0.15, 0.2) is 42.5 Å². The average molecular weight is 265 g/mol. The second-order valence-corrected chi connectivity index (χ2v) is 5.97. The molecule has 1 nitrogen and oxygen atoms in total. The van der Waals surface area contributed by atoms with Crippen LogP contribution in [0.25, 0.3) is 0 Å². The Labute approximate surface area is 122 Å². The highest BCUT2D eigenvalue weighted by Gasteiger charge is 2.27. The Morgan fingerprint density at radius 2 is 1.85 bits per heavy atom. The molecule has 0 saturated heterocycles. The maximum Gasteiger partial charge on any atom is 0.0581 e. The van der Waals surface area contributed by atoms with Crippen LogP contribution < -0.4 is 5.32 Å². The van der Waals surface area contributed by atoms with Crippen LogP contribution in [0.1, 0.15) is 47.2 Å². The number of hydrogen-bond donors (Lipinski definition) is 1. The van der Waals surface area contributed by atoms with Gasteiger partial charge in [-0.2, -0.15) is 0 Å². The Hall–Kier alpha value is -1.60. The smallest absolute Gasteiger partial charge is 0.0581 e. The third kappa shape index (κ3) is 2.38. The summed E-state index contributed by atoms with van der Waals surface area (Å²) >= 11 is 0. The van der Waals surface area contributed by atoms with E-state index in [1.807, 2.05) is 0 Å². The summed E-state index contributed by atoms with van der Waals surface area (Å²) in [6.45, 7) is 6.72. The lowest BCUT2D eigenvalue weighted by Gasteiger charge is -2.34. The highest BCUT2D eigenvalue weighted by Crippen LogP contribution is 2.33. The number of benzene rings is 2. The van der Waals surface area contributed by atoms with Gasteiger partial charge in [0.15, 0.2) is 0 Å². The van der Waals surface area contributed by atoms with Gasteiger partial charge in [-0.3, -0.25) is 0 Å². The molecule has 2 unspecified atom stereocenters. The van der Waals surface area contributed by atoms with Crippen molar-refractivity contribution < 1.29 is 0 Å². The van der Waals surface area contributed by atoms with E-state index in [-0.39, 0.29) is 0 Å². The van der Waals surface area contributed by atoms with Gasteiger partial charge in [0.25, 0.3) is 0 Å². The second kappa shape index (κ2) is 5.41. The van der Waals surface area contributed by atoms with Gasteiger partial charge in [0.1, 0.15) is 0 Å². The molecule has 1 heteroatoms. The molecule has 0 saturated carbocycles. The van der Waals surface area contributed by atoms with Crippen molar-refractivity contribution in [2.45, 2.75) is 45.7 Å². The minimum atomic E-state index is 0.337. The van der Waals surface area contributed by atoms with Gasteiger partial charge >= 0.3 is 0 Å². The molecular formula is C19H23N. The molecule has 1 aliphatic rings. The van der Waals surface area contributed by atoms with Gasteiger partial charge in [0.2, 0.25) is 0 Å². The Bertz CT molecular complexity index is 601. The lowest BCUT2D eigenvalue weighted by Crippen LogP contribution is -2.40. The van der Waals surface area contributed by atoms with Crippen LogP contribution >= 0.6 is 0 Å². The summed E-state index contributed by atoms with van der Waals surface area (Å²) in [4.78, 5) is 0. The van der Waals surface area contributed by atoms with Crippen molar-refractivity contribution in [3.63, 3.8) is 0 Å². The van der Waals surface area contributed by atoms with Crippen molar-refractivity contribution in [3.05, 3.63) is 70.3 Å². The van der Waals surface area contributed by atoms with Gasteiger partial charge in [-0.25, -0.2) is 0 Å². The van der Waals surface area contributed by atoms with Gasteiger partial charge in [-0.05, 0) is 48.9 Å². The molecule has 0 spiro atoms. The van der Waals surface area contributed by atoms with Gasteiger partial charge in [0, 0.05) is 6.04 Å². The molecular weight excluding hydrogens is 242 g/mol. The fraction of sp³-hybridized carbons (Fsp3) is 0.368. The predicted octanol–water partition coefficient (Wildman–Crippen LogP) is 4.32. The Kier molecular flexibility index (Phi) is 3.62. The molecule has 2 aromatic rings. The first-order valence-electron chi connectivity index (χ1n) is 7.60. The van der Waals surface area contributed by atoms with E-state index >= 15 is 0 Å². The van der Waals surface area contributed by atoms with Gasteiger partial charge in [-0.15, -0.1) is 0 Å². The summed E-state index contributed by atoms with van der Waals surface area (Å²) in [7, 11) is 0. The molecule has 0 amide bonds. The molecule has 0 bridgehead atoms. The number of hydrogen-bond acceptors (Lipinski definition) is 1. The number of aryl methyl sites for hydroxylation is 2. The monoisotopic (exact) mass is 265 g/mol. The van der Waals surface area contributed by atoms with Crippen molar-refractivity contribution in [3.8, 4) is 0 Å². The molecule has 0 fully saturated rings. The fourth-order valence-electron chi connectivity index (χ4n) is 3.38. The molecule has 2 atom stereocenters. The quantitative estimate of drug-likeness (QED) is 0.853. The standard InChI is InChI=1S/C19H23N/c1-4-16-12-17-14(3)10-13(2)11-18(17)19(20-16)15-8-6-5-7-9-15/h5-11,16,19-20H,4,12H2,1-3H3. The van der Waals surface area contributed by atoms with Crippen LogP contribution in [0.4, 0.5) is 0 Å². The summed E-state index contributed by atoms with van der Waals surface area (Å²) in [5.74, 6) is 0. The molecule has 1 N–H and O–H groups in total. The van der Waals surface area contributed by atoms with Crippen molar-refractivity contribution in [1.29, 1.82) is 0 Å². The predicted molar refractivity (Wildman–Crippen MR) is 85.1 cm³/mol. The maximum atomic E-state index is 3.83. The summed E-state index contributed by atoms with van der Waals surface area (Å²) in [6.07, 6.45) is 2.33. The lowest BCUT2D eigenvalue weighted by molar-refractivity contribution is 0.426. The minimum Gasteiger partial charge on any atom is -0.303 e. The highest BCUT2D eigenvalue weighted by atomic mass is 15.0. The highest BCUT2D eigenvalue weighted by molar-refractivity contribution is 5.46. The van der Waals surface area contributed by atoms with Gasteiger partial charge in [0.05, 0.1) is 6.04 Å². The zero-order chi connectivity index (χ0) is 14.1. The van der Waals surface area contributed by atoms with Crippen LogP contribution in [0, 0.1) is 13.8 Å². The Balaban J connectivity index is 2.12. The molecule has 2 aromatic carbocycles. The summed E-state index contributed by atoms with van der Waals surface area (Å²) in [5, 5.41) is 3.83. The van der Waals surface area contributed by atoms with Crippen LogP contribution in [-0.4, -0.2) is 6.04 Å². The zero-order valence-electron chi connectivity index (χ0n) is 12.6. The van der Waals surface area contributed by atoms with Crippen molar-refractivity contribution >= 4 is 0 Å². The summed E-state index contributed by atoms with van der Waals surface area (Å²) in [6, 6.07) is 16.4. The summed E-state index contributed by atoms with van der Waals surface area (Å²) < 4.78 is 0. The van der Waals surface area contributed by atoms with Crippen LogP contribution in [0.5, 0.6) is 0 Å². The van der Waals surface area contributed by atoms with Crippen LogP contribution in [-0.2, 0) is 6.42 Å². The van der Waals surface area contributed by atoms with E-state index in [0.29, 0.717) is 12.1 Å². The van der Waals surface area contributed by atoms with Crippen LogP contribution in [0.3, 0.4) is 0 Å². The number of rotatable bonds is 2. The lowest BCUT2D eigenvalue weighted by atomic mass is 9.83. The fourth-order valence-corrected chi connectivity index (χ4v) is 3.38. The van der Waals surface area contributed by atoms with Crippen LogP contribution in [0.2, 0.25) is 0 Å². The molecule has 20 heavy (non-hydrogen) atoms. The molecule has 0 aliphatic carbocycles. The normalized spacial score (nSPS) is 21.6. The Morgan fingerprint density at radius 3 is 2.55 bits per heavy atom. The number of fused-ring (bicyclic) bond motifs is 1. The topological polar surface area (TPSA) is 12.0 Å². The first-order chi connectivity index (χ1) is 9.69. The van der Waals surface area contributed by atoms with Crippen molar-refractivity contribution in [1.82, 2.24) is 5.32 Å². The first kappa shape index (κ1) is 13.4. The van der Waals surface area contributed by atoms with E-state index < -0.39 is 0 Å². The summed E-state index contributed by atoms with van der Waals surface area (Å²) in [5.41, 5.74) is 7.20. The van der Waals surface area contributed by atoms with Crippen molar-refractivity contribution in [2.75, 3.05) is 0 Å². The third-order valence-corrected chi connectivity index (χ3v) is 4.44. The van der Waals surface area contributed by atoms with E-state index in [9.17, 15) is 0 Å². The molecule has 1 heterocycles. The first-order valence-corrected chi connectivity index (χ1v) is 7.60. The van der Waals surface area contributed by atoms with E-state index in [1.165, 1.54) is 28.7 Å². The maximum absolute atomic E-state index is 3.83. The third-order valence-electron chi connectivity index (χ3n) is 4.44. The minimum absolute atomic E-state index is 0.337. The van der Waals surface area contributed by atoms with E-state index in [1.54, 1.807) is 5.56 Å². The van der Waals surface area contributed by atoms with E-state index in [2.05, 4.69) is 68.6 Å². The van der Waals surface area contributed by atoms with E-state index in [0.717, 1.165) is 6.42 Å². The Morgan fingerprint density at radius 1 is 1.10 bits per heavy atom. The van der Waals surface area contributed by atoms with Crippen molar-refractivity contribution in [2.24, 2.45) is 0 Å². The average Bonchev–Trinajstić information content (AvgIpc) is 2.47. The molecule has 1 aliphatic heterocycles. The van der Waals surface area contributed by atoms with Gasteiger partial charge < -0.3 is 5.32 Å². The zero-order valence-corrected chi connectivity index (χ0v) is 12.6.